The second-order valence-corrected chi connectivity index (χ2v) is 7.45. The van der Waals surface area contributed by atoms with Crippen LogP contribution in [0.4, 0.5) is 0 Å². The molecule has 1 fully saturated rings. The SMILES string of the molecule is CCOc1ccc(CN2CCN(Cc3ccc(OC)c(O)c3)CC2CCO)cc1. The Morgan fingerprint density at radius 3 is 2.45 bits per heavy atom. The number of piperazine rings is 1. The third-order valence-corrected chi connectivity index (χ3v) is 5.42. The van der Waals surface area contributed by atoms with Crippen molar-refractivity contribution in [2.24, 2.45) is 0 Å². The van der Waals surface area contributed by atoms with Crippen molar-refractivity contribution < 1.29 is 19.7 Å². The number of aliphatic hydroxyl groups excluding tert-OH is 1. The van der Waals surface area contributed by atoms with Gasteiger partial charge in [-0.2, -0.15) is 0 Å². The first-order chi connectivity index (χ1) is 14.1. The van der Waals surface area contributed by atoms with Crippen LogP contribution in [0.25, 0.3) is 0 Å². The smallest absolute Gasteiger partial charge is 0.160 e. The Labute approximate surface area is 173 Å². The third-order valence-electron chi connectivity index (χ3n) is 5.42. The third kappa shape index (κ3) is 5.85. The number of phenols is 1. The number of hydrogen-bond donors (Lipinski definition) is 2. The summed E-state index contributed by atoms with van der Waals surface area (Å²) in [5.41, 5.74) is 2.32. The zero-order valence-corrected chi connectivity index (χ0v) is 17.4. The van der Waals surface area contributed by atoms with E-state index in [2.05, 4.69) is 21.9 Å². The monoisotopic (exact) mass is 400 g/mol. The molecule has 6 nitrogen and oxygen atoms in total. The van der Waals surface area contributed by atoms with Gasteiger partial charge in [0.2, 0.25) is 0 Å². The van der Waals surface area contributed by atoms with E-state index in [-0.39, 0.29) is 12.4 Å². The lowest BCUT2D eigenvalue weighted by Crippen LogP contribution is -2.52. The number of aliphatic hydroxyl groups is 1. The second kappa shape index (κ2) is 10.5. The Morgan fingerprint density at radius 1 is 1.03 bits per heavy atom. The van der Waals surface area contributed by atoms with E-state index in [0.717, 1.165) is 50.5 Å². The van der Waals surface area contributed by atoms with Crippen molar-refractivity contribution in [2.75, 3.05) is 40.0 Å². The van der Waals surface area contributed by atoms with Gasteiger partial charge in [0.15, 0.2) is 11.5 Å². The lowest BCUT2D eigenvalue weighted by Gasteiger charge is -2.41. The lowest BCUT2D eigenvalue weighted by molar-refractivity contribution is 0.0499. The number of ether oxygens (including phenoxy) is 2. The van der Waals surface area contributed by atoms with E-state index in [1.807, 2.05) is 25.1 Å². The summed E-state index contributed by atoms with van der Waals surface area (Å²) in [7, 11) is 1.55. The predicted molar refractivity (Wildman–Crippen MR) is 113 cm³/mol. The molecule has 1 unspecified atom stereocenters. The van der Waals surface area contributed by atoms with Crippen LogP contribution in [0, 0.1) is 0 Å². The Hall–Kier alpha value is -2.28. The maximum Gasteiger partial charge on any atom is 0.160 e. The first-order valence-corrected chi connectivity index (χ1v) is 10.3. The fraction of sp³-hybridized carbons (Fsp3) is 0.478. The van der Waals surface area contributed by atoms with Gasteiger partial charge in [0, 0.05) is 45.4 Å². The molecule has 6 heteroatoms. The number of methoxy groups -OCH3 is 1. The first kappa shape index (κ1) is 21.4. The Kier molecular flexibility index (Phi) is 7.75. The van der Waals surface area contributed by atoms with Gasteiger partial charge >= 0.3 is 0 Å². The van der Waals surface area contributed by atoms with Crippen molar-refractivity contribution in [1.29, 1.82) is 0 Å². The highest BCUT2D eigenvalue weighted by Crippen LogP contribution is 2.27. The molecule has 0 spiro atoms. The zero-order valence-electron chi connectivity index (χ0n) is 17.4. The average Bonchev–Trinajstić information content (AvgIpc) is 2.72. The van der Waals surface area contributed by atoms with Gasteiger partial charge in [0.05, 0.1) is 13.7 Å². The van der Waals surface area contributed by atoms with Crippen molar-refractivity contribution in [3.05, 3.63) is 53.6 Å². The van der Waals surface area contributed by atoms with Gasteiger partial charge in [-0.1, -0.05) is 18.2 Å². The molecule has 1 atom stereocenters. The van der Waals surface area contributed by atoms with Crippen LogP contribution < -0.4 is 9.47 Å². The fourth-order valence-corrected chi connectivity index (χ4v) is 3.92. The summed E-state index contributed by atoms with van der Waals surface area (Å²) < 4.78 is 10.6. The zero-order chi connectivity index (χ0) is 20.6. The lowest BCUT2D eigenvalue weighted by atomic mass is 10.1. The van der Waals surface area contributed by atoms with Crippen molar-refractivity contribution in [2.45, 2.75) is 32.5 Å². The molecule has 1 aliphatic heterocycles. The van der Waals surface area contributed by atoms with Crippen LogP contribution in [0.5, 0.6) is 17.2 Å². The normalized spacial score (nSPS) is 18.0. The molecule has 0 saturated carbocycles. The molecule has 2 aromatic carbocycles. The number of phenolic OH excluding ortho intramolecular Hbond substituents is 1. The Morgan fingerprint density at radius 2 is 1.79 bits per heavy atom. The van der Waals surface area contributed by atoms with Crippen molar-refractivity contribution in [1.82, 2.24) is 9.80 Å². The van der Waals surface area contributed by atoms with Crippen molar-refractivity contribution in [3.63, 3.8) is 0 Å². The minimum Gasteiger partial charge on any atom is -0.504 e. The van der Waals surface area contributed by atoms with Gasteiger partial charge in [-0.05, 0) is 48.7 Å². The van der Waals surface area contributed by atoms with Crippen molar-refractivity contribution in [3.8, 4) is 17.2 Å². The minimum absolute atomic E-state index is 0.172. The largest absolute Gasteiger partial charge is 0.504 e. The quantitative estimate of drug-likeness (QED) is 0.675. The van der Waals surface area contributed by atoms with Gasteiger partial charge in [-0.15, -0.1) is 0 Å². The van der Waals surface area contributed by atoms with Gasteiger partial charge in [-0.25, -0.2) is 0 Å². The summed E-state index contributed by atoms with van der Waals surface area (Å²) in [6.45, 7) is 7.27. The van der Waals surface area contributed by atoms with E-state index < -0.39 is 0 Å². The molecule has 29 heavy (non-hydrogen) atoms. The van der Waals surface area contributed by atoms with E-state index in [9.17, 15) is 10.2 Å². The molecule has 0 aliphatic carbocycles. The maximum absolute atomic E-state index is 10.0. The van der Waals surface area contributed by atoms with Gasteiger partial charge in [0.1, 0.15) is 5.75 Å². The molecular weight excluding hydrogens is 368 g/mol. The van der Waals surface area contributed by atoms with Crippen LogP contribution >= 0.6 is 0 Å². The highest BCUT2D eigenvalue weighted by atomic mass is 16.5. The number of benzene rings is 2. The average molecular weight is 401 g/mol. The van der Waals surface area contributed by atoms with Crippen molar-refractivity contribution >= 4 is 0 Å². The van der Waals surface area contributed by atoms with Crippen LogP contribution in [0.15, 0.2) is 42.5 Å². The van der Waals surface area contributed by atoms with E-state index in [1.54, 1.807) is 19.2 Å². The molecule has 1 heterocycles. The molecule has 0 bridgehead atoms. The summed E-state index contributed by atoms with van der Waals surface area (Å²) in [5.74, 6) is 1.56. The van der Waals surface area contributed by atoms with E-state index in [0.29, 0.717) is 18.4 Å². The van der Waals surface area contributed by atoms with Gasteiger partial charge < -0.3 is 19.7 Å². The van der Waals surface area contributed by atoms with Crippen LogP contribution in [0.3, 0.4) is 0 Å². The summed E-state index contributed by atoms with van der Waals surface area (Å²) in [5, 5.41) is 19.6. The van der Waals surface area contributed by atoms with Crippen LogP contribution in [0.2, 0.25) is 0 Å². The van der Waals surface area contributed by atoms with E-state index in [4.69, 9.17) is 9.47 Å². The second-order valence-electron chi connectivity index (χ2n) is 7.45. The highest BCUT2D eigenvalue weighted by molar-refractivity contribution is 5.41. The summed E-state index contributed by atoms with van der Waals surface area (Å²) in [6, 6.07) is 14.1. The van der Waals surface area contributed by atoms with Crippen LogP contribution in [-0.4, -0.2) is 66.0 Å². The molecule has 1 saturated heterocycles. The summed E-state index contributed by atoms with van der Waals surface area (Å²) in [6.07, 6.45) is 0.751. The number of hydrogen-bond acceptors (Lipinski definition) is 6. The molecule has 2 aromatic rings. The molecule has 158 valence electrons. The first-order valence-electron chi connectivity index (χ1n) is 10.3. The van der Waals surface area contributed by atoms with Gasteiger partial charge in [-0.3, -0.25) is 9.80 Å². The fourth-order valence-electron chi connectivity index (χ4n) is 3.92. The van der Waals surface area contributed by atoms with Gasteiger partial charge in [0.25, 0.3) is 0 Å². The standard InChI is InChI=1S/C23H32N2O4/c1-3-29-21-7-4-18(5-8-21)16-25-12-11-24(17-20(25)10-13-26)15-19-6-9-23(28-2)22(27)14-19/h4-9,14,20,26-27H,3,10-13,15-17H2,1-2H3. The minimum atomic E-state index is 0.172. The molecule has 3 rings (SSSR count). The van der Waals surface area contributed by atoms with E-state index in [1.165, 1.54) is 5.56 Å². The number of nitrogens with zero attached hydrogens (tertiary/aromatic N) is 2. The van der Waals surface area contributed by atoms with Crippen LogP contribution in [-0.2, 0) is 13.1 Å². The molecule has 0 radical (unpaired) electrons. The highest BCUT2D eigenvalue weighted by Gasteiger charge is 2.26. The number of aromatic hydroxyl groups is 1. The Bertz CT molecular complexity index is 766. The molecular formula is C23H32N2O4. The topological polar surface area (TPSA) is 65.4 Å². The maximum atomic E-state index is 10.0. The molecule has 0 aromatic heterocycles. The summed E-state index contributed by atoms with van der Waals surface area (Å²) >= 11 is 0. The Balaban J connectivity index is 1.60. The molecule has 1 aliphatic rings. The summed E-state index contributed by atoms with van der Waals surface area (Å²) in [4.78, 5) is 4.84. The predicted octanol–water partition coefficient (Wildman–Crippen LogP) is 2.87. The van der Waals surface area contributed by atoms with Crippen LogP contribution in [0.1, 0.15) is 24.5 Å². The molecule has 2 N–H and O–H groups in total. The number of rotatable bonds is 9. The van der Waals surface area contributed by atoms with E-state index >= 15 is 0 Å². The molecule has 0 amide bonds.